The second-order valence-corrected chi connectivity index (χ2v) is 4.57. The highest BCUT2D eigenvalue weighted by Crippen LogP contribution is 2.19. The van der Waals surface area contributed by atoms with Gasteiger partial charge in [-0.25, -0.2) is 0 Å². The highest BCUT2D eigenvalue weighted by Gasteiger charge is 2.01. The zero-order valence-corrected chi connectivity index (χ0v) is 11.5. The van der Waals surface area contributed by atoms with Gasteiger partial charge in [0.15, 0.2) is 0 Å². The molecule has 1 heterocycles. The average molecular weight is 266 g/mol. The smallest absolute Gasteiger partial charge is 0.0702 e. The molecule has 1 aromatic carbocycles. The van der Waals surface area contributed by atoms with Crippen molar-refractivity contribution in [1.82, 2.24) is 9.88 Å². The van der Waals surface area contributed by atoms with Crippen molar-refractivity contribution in [2.24, 2.45) is 4.99 Å². The molecule has 102 valence electrons. The first-order valence-electron chi connectivity index (χ1n) is 6.32. The molecule has 0 spiro atoms. The minimum Gasteiger partial charge on any atom is -0.399 e. The lowest BCUT2D eigenvalue weighted by molar-refractivity contribution is 0.449. The second kappa shape index (κ2) is 6.52. The van der Waals surface area contributed by atoms with E-state index in [9.17, 15) is 0 Å². The molecule has 2 rings (SSSR count). The molecule has 0 amide bonds. The molecule has 0 saturated carbocycles. The van der Waals surface area contributed by atoms with Crippen molar-refractivity contribution in [1.29, 1.82) is 0 Å². The monoisotopic (exact) mass is 266 g/mol. The summed E-state index contributed by atoms with van der Waals surface area (Å²) in [5, 5.41) is 0. The van der Waals surface area contributed by atoms with E-state index in [0.717, 1.165) is 29.1 Å². The van der Waals surface area contributed by atoms with E-state index in [1.54, 1.807) is 6.20 Å². The number of nitrogen functional groups attached to an aromatic ring is 1. The van der Waals surface area contributed by atoms with E-state index in [0.29, 0.717) is 0 Å². The van der Waals surface area contributed by atoms with Crippen LogP contribution in [0.2, 0.25) is 0 Å². The normalized spacial score (nSPS) is 10.7. The predicted molar refractivity (Wildman–Crippen MR) is 84.2 cm³/mol. The summed E-state index contributed by atoms with van der Waals surface area (Å²) in [6.07, 6.45) is 5.41. The summed E-state index contributed by atoms with van der Waals surface area (Å²) in [6, 6.07) is 11.8. The van der Waals surface area contributed by atoms with E-state index in [4.69, 9.17) is 5.73 Å². The minimum atomic E-state index is 0.746. The van der Waals surface area contributed by atoms with Crippen LogP contribution in [0.1, 0.15) is 5.56 Å². The van der Waals surface area contributed by atoms with E-state index in [-0.39, 0.29) is 0 Å². The minimum absolute atomic E-state index is 0.746. The Morgan fingerprint density at radius 1 is 1.35 bits per heavy atom. The van der Waals surface area contributed by atoms with Gasteiger partial charge in [-0.2, -0.15) is 0 Å². The number of aliphatic imine (C=N–C) groups is 1. The number of pyridine rings is 1. The molecule has 2 aromatic rings. The van der Waals surface area contributed by atoms with E-state index in [1.165, 1.54) is 0 Å². The Labute approximate surface area is 119 Å². The van der Waals surface area contributed by atoms with Gasteiger partial charge in [-0.3, -0.25) is 9.98 Å². The van der Waals surface area contributed by atoms with Gasteiger partial charge in [-0.05, 0) is 30.5 Å². The largest absolute Gasteiger partial charge is 0.399 e. The van der Waals surface area contributed by atoms with E-state index < -0.39 is 0 Å². The Balaban J connectivity index is 2.10. The van der Waals surface area contributed by atoms with Crippen molar-refractivity contribution < 1.29 is 0 Å². The molecule has 0 fully saturated rings. The molecule has 4 heteroatoms. The van der Waals surface area contributed by atoms with Crippen LogP contribution in [0.4, 0.5) is 5.69 Å². The van der Waals surface area contributed by atoms with Crippen molar-refractivity contribution in [3.05, 3.63) is 60.6 Å². The van der Waals surface area contributed by atoms with Crippen molar-refractivity contribution in [3.8, 4) is 11.3 Å². The van der Waals surface area contributed by atoms with E-state index in [2.05, 4.69) is 22.8 Å². The number of rotatable bonds is 5. The first-order valence-corrected chi connectivity index (χ1v) is 6.32. The van der Waals surface area contributed by atoms with Gasteiger partial charge in [0.2, 0.25) is 0 Å². The molecule has 0 unspecified atom stereocenters. The summed E-state index contributed by atoms with van der Waals surface area (Å²) in [7, 11) is 1.98. The SMILES string of the molecule is C=NC=CN(C)Cc1ccc(-c2cccc(N)c2)nc1. The van der Waals surface area contributed by atoms with Crippen molar-refractivity contribution >= 4 is 12.4 Å². The van der Waals surface area contributed by atoms with Gasteiger partial charge in [0.1, 0.15) is 0 Å². The third-order valence-electron chi connectivity index (χ3n) is 2.87. The highest BCUT2D eigenvalue weighted by molar-refractivity contribution is 5.63. The van der Waals surface area contributed by atoms with Crippen LogP contribution in [-0.2, 0) is 6.54 Å². The van der Waals surface area contributed by atoms with E-state index >= 15 is 0 Å². The zero-order chi connectivity index (χ0) is 14.4. The average Bonchev–Trinajstić information content (AvgIpc) is 2.46. The second-order valence-electron chi connectivity index (χ2n) is 4.57. The van der Waals surface area contributed by atoms with Crippen molar-refractivity contribution in [2.75, 3.05) is 12.8 Å². The summed E-state index contributed by atoms with van der Waals surface area (Å²) >= 11 is 0. The molecule has 0 bridgehead atoms. The van der Waals surface area contributed by atoms with Gasteiger partial charge in [-0.15, -0.1) is 0 Å². The summed E-state index contributed by atoms with van der Waals surface area (Å²) in [5.41, 5.74) is 9.61. The topological polar surface area (TPSA) is 54.5 Å². The van der Waals surface area contributed by atoms with Gasteiger partial charge < -0.3 is 10.6 Å². The summed E-state index contributed by atoms with van der Waals surface area (Å²) in [4.78, 5) is 10.2. The number of anilines is 1. The van der Waals surface area contributed by atoms with Crippen LogP contribution in [0.25, 0.3) is 11.3 Å². The molecule has 0 aliphatic rings. The number of hydrogen-bond acceptors (Lipinski definition) is 4. The first kappa shape index (κ1) is 13.8. The third kappa shape index (κ3) is 3.68. The molecule has 4 nitrogen and oxygen atoms in total. The van der Waals surface area contributed by atoms with Crippen LogP contribution in [0.15, 0.2) is 60.0 Å². The summed E-state index contributed by atoms with van der Waals surface area (Å²) < 4.78 is 0. The lowest BCUT2D eigenvalue weighted by Gasteiger charge is -2.13. The number of benzene rings is 1. The Morgan fingerprint density at radius 2 is 2.20 bits per heavy atom. The molecule has 0 saturated heterocycles. The highest BCUT2D eigenvalue weighted by atomic mass is 15.1. The Morgan fingerprint density at radius 3 is 2.85 bits per heavy atom. The molecule has 1 aromatic heterocycles. The van der Waals surface area contributed by atoms with Gasteiger partial charge in [0, 0.05) is 43.4 Å². The maximum atomic E-state index is 5.78. The first-order chi connectivity index (χ1) is 9.69. The van der Waals surface area contributed by atoms with Crippen molar-refractivity contribution in [2.45, 2.75) is 6.54 Å². The summed E-state index contributed by atoms with van der Waals surface area (Å²) in [6.45, 7) is 4.18. The molecular weight excluding hydrogens is 248 g/mol. The Hall–Kier alpha value is -2.62. The predicted octanol–water partition coefficient (Wildman–Crippen LogP) is 2.93. The fraction of sp³-hybridized carbons (Fsp3) is 0.125. The third-order valence-corrected chi connectivity index (χ3v) is 2.87. The molecule has 20 heavy (non-hydrogen) atoms. The van der Waals surface area contributed by atoms with Crippen LogP contribution in [-0.4, -0.2) is 23.6 Å². The fourth-order valence-electron chi connectivity index (χ4n) is 1.89. The van der Waals surface area contributed by atoms with E-state index in [1.807, 2.05) is 54.7 Å². The van der Waals surface area contributed by atoms with Gasteiger partial charge in [0.05, 0.1) is 5.69 Å². The Bertz CT molecular complexity index is 602. The number of nitrogens with two attached hydrogens (primary N) is 1. The molecule has 2 N–H and O–H groups in total. The zero-order valence-electron chi connectivity index (χ0n) is 11.5. The molecule has 0 aliphatic heterocycles. The maximum absolute atomic E-state index is 5.78. The van der Waals surface area contributed by atoms with Crippen LogP contribution >= 0.6 is 0 Å². The number of hydrogen-bond donors (Lipinski definition) is 1. The lowest BCUT2D eigenvalue weighted by Crippen LogP contribution is -2.09. The van der Waals surface area contributed by atoms with Crippen LogP contribution in [0.5, 0.6) is 0 Å². The standard InChI is InChI=1S/C16H18N4/c1-18-8-9-20(2)12-13-6-7-16(19-11-13)14-4-3-5-15(17)10-14/h3-11H,1,12,17H2,2H3. The fourth-order valence-corrected chi connectivity index (χ4v) is 1.89. The number of aromatic nitrogens is 1. The van der Waals surface area contributed by atoms with Crippen LogP contribution in [0.3, 0.4) is 0 Å². The molecule has 0 radical (unpaired) electrons. The molecular formula is C16H18N4. The van der Waals surface area contributed by atoms with Gasteiger partial charge >= 0.3 is 0 Å². The quantitative estimate of drug-likeness (QED) is 0.668. The van der Waals surface area contributed by atoms with Gasteiger partial charge in [-0.1, -0.05) is 18.2 Å². The molecule has 0 atom stereocenters. The number of nitrogens with zero attached hydrogens (tertiary/aromatic N) is 3. The maximum Gasteiger partial charge on any atom is 0.0702 e. The van der Waals surface area contributed by atoms with Gasteiger partial charge in [0.25, 0.3) is 0 Å². The summed E-state index contributed by atoms with van der Waals surface area (Å²) in [5.74, 6) is 0. The van der Waals surface area contributed by atoms with Crippen molar-refractivity contribution in [3.63, 3.8) is 0 Å². The van der Waals surface area contributed by atoms with Crippen LogP contribution < -0.4 is 5.73 Å². The molecule has 0 aliphatic carbocycles. The Kier molecular flexibility index (Phi) is 4.50. The van der Waals surface area contributed by atoms with Crippen LogP contribution in [0, 0.1) is 0 Å². The lowest BCUT2D eigenvalue weighted by atomic mass is 10.1.